The summed E-state index contributed by atoms with van der Waals surface area (Å²) in [6.45, 7) is 9.38. The second-order valence-corrected chi connectivity index (χ2v) is 10.4. The van der Waals surface area contributed by atoms with Crippen LogP contribution in [0.4, 0.5) is 5.69 Å². The van der Waals surface area contributed by atoms with Crippen LogP contribution in [0.15, 0.2) is 41.2 Å². The molecule has 1 aliphatic rings. The van der Waals surface area contributed by atoms with Crippen molar-refractivity contribution in [2.75, 3.05) is 31.6 Å². The van der Waals surface area contributed by atoms with E-state index in [0.717, 1.165) is 5.69 Å². The Labute approximate surface area is 220 Å². The number of esters is 1. The highest BCUT2D eigenvalue weighted by Crippen LogP contribution is 2.23. The van der Waals surface area contributed by atoms with Crippen molar-refractivity contribution in [3.8, 4) is 0 Å². The van der Waals surface area contributed by atoms with Crippen LogP contribution < -0.4 is 10.9 Å². The third kappa shape index (κ3) is 6.11. The zero-order chi connectivity index (χ0) is 26.7. The molecule has 196 valence electrons. The van der Waals surface area contributed by atoms with Crippen LogP contribution in [0.3, 0.4) is 0 Å². The fourth-order valence-corrected chi connectivity index (χ4v) is 4.13. The van der Waals surface area contributed by atoms with E-state index in [0.29, 0.717) is 65.7 Å². The Morgan fingerprint density at radius 1 is 1.14 bits per heavy atom. The fraction of sp³-hybridized carbons (Fsp3) is 0.407. The van der Waals surface area contributed by atoms with E-state index in [9.17, 15) is 14.4 Å². The van der Waals surface area contributed by atoms with Crippen LogP contribution in [-0.2, 0) is 27.5 Å². The molecule has 0 radical (unpaired) electrons. The number of hydrogen-bond acceptors (Lipinski definition) is 7. The van der Waals surface area contributed by atoms with Crippen molar-refractivity contribution >= 4 is 40.1 Å². The first kappa shape index (κ1) is 26.6. The summed E-state index contributed by atoms with van der Waals surface area (Å²) in [6, 6.07) is 10.6. The molecule has 3 aromatic rings. The van der Waals surface area contributed by atoms with Crippen molar-refractivity contribution in [1.82, 2.24) is 14.5 Å². The monoisotopic (exact) mass is 526 g/mol. The minimum Gasteiger partial charge on any atom is -0.443 e. The van der Waals surface area contributed by atoms with Gasteiger partial charge in [-0.05, 0) is 69.7 Å². The van der Waals surface area contributed by atoms with Gasteiger partial charge in [-0.25, -0.2) is 4.98 Å². The second kappa shape index (κ2) is 10.9. The molecule has 10 heteroatoms. The summed E-state index contributed by atoms with van der Waals surface area (Å²) in [6.07, 6.45) is 0. The highest BCUT2D eigenvalue weighted by atomic mass is 35.5. The van der Waals surface area contributed by atoms with E-state index in [2.05, 4.69) is 10.3 Å². The first-order chi connectivity index (χ1) is 17.5. The highest BCUT2D eigenvalue weighted by molar-refractivity contribution is 6.32. The number of amides is 1. The van der Waals surface area contributed by atoms with Crippen molar-refractivity contribution in [1.29, 1.82) is 0 Å². The van der Waals surface area contributed by atoms with Crippen LogP contribution in [0.5, 0.6) is 0 Å². The van der Waals surface area contributed by atoms with Gasteiger partial charge in [0.15, 0.2) is 6.73 Å². The lowest BCUT2D eigenvalue weighted by atomic mass is 9.98. The number of aryl methyl sites for hydroxylation is 1. The number of halogens is 1. The molecular weight excluding hydrogens is 496 g/mol. The minimum atomic E-state index is -0.678. The number of benzene rings is 2. The summed E-state index contributed by atoms with van der Waals surface area (Å²) in [5.74, 6) is 0.00472. The molecule has 0 saturated carbocycles. The van der Waals surface area contributed by atoms with Gasteiger partial charge in [0.25, 0.3) is 11.5 Å². The smallest absolute Gasteiger partial charge is 0.312 e. The maximum atomic E-state index is 13.2. The molecule has 2 heterocycles. The Bertz CT molecular complexity index is 1370. The maximum absolute atomic E-state index is 13.2. The summed E-state index contributed by atoms with van der Waals surface area (Å²) in [5, 5.41) is 4.14. The predicted octanol–water partition coefficient (Wildman–Crippen LogP) is 3.99. The standard InChI is InChI=1S/C27H31ClN4O5/c1-17-30-23-14-22(28)19(13-21(23)25(34)32(17)16-37-26(35)27(2,3)4)15-29-20-7-5-18(6-8-20)24(33)31-9-11-36-12-10-31/h5-8,13-14,29H,9-12,15-16H2,1-4H3. The minimum absolute atomic E-state index is 0.0142. The van der Waals surface area contributed by atoms with Crippen LogP contribution in [0.2, 0.25) is 5.02 Å². The van der Waals surface area contributed by atoms with E-state index in [1.54, 1.807) is 56.9 Å². The lowest BCUT2D eigenvalue weighted by Crippen LogP contribution is -2.40. The van der Waals surface area contributed by atoms with E-state index in [4.69, 9.17) is 21.1 Å². The molecule has 0 spiro atoms. The summed E-state index contributed by atoms with van der Waals surface area (Å²) >= 11 is 6.50. The van der Waals surface area contributed by atoms with Gasteiger partial charge in [-0.15, -0.1) is 0 Å². The Kier molecular flexibility index (Phi) is 7.85. The topological polar surface area (TPSA) is 103 Å². The number of morpholine rings is 1. The number of nitrogens with one attached hydrogen (secondary N) is 1. The molecule has 0 aliphatic carbocycles. The number of carbonyl (C=O) groups excluding carboxylic acids is 2. The zero-order valence-electron chi connectivity index (χ0n) is 21.5. The number of carbonyl (C=O) groups is 2. The lowest BCUT2D eigenvalue weighted by Gasteiger charge is -2.26. The van der Waals surface area contributed by atoms with Crippen LogP contribution in [-0.4, -0.2) is 52.6 Å². The number of nitrogens with zero attached hydrogens (tertiary/aromatic N) is 3. The van der Waals surface area contributed by atoms with Gasteiger partial charge in [0, 0.05) is 35.9 Å². The summed E-state index contributed by atoms with van der Waals surface area (Å²) in [5.41, 5.74) is 1.62. The Balaban J connectivity index is 1.49. The van der Waals surface area contributed by atoms with Crippen molar-refractivity contribution < 1.29 is 19.1 Å². The number of ether oxygens (including phenoxy) is 2. The van der Waals surface area contributed by atoms with E-state index < -0.39 is 11.4 Å². The summed E-state index contributed by atoms with van der Waals surface area (Å²) in [4.78, 5) is 44.3. The van der Waals surface area contributed by atoms with Gasteiger partial charge in [0.2, 0.25) is 0 Å². The number of anilines is 1. The van der Waals surface area contributed by atoms with Gasteiger partial charge >= 0.3 is 5.97 Å². The summed E-state index contributed by atoms with van der Waals surface area (Å²) < 4.78 is 12.0. The number of aromatic nitrogens is 2. The largest absolute Gasteiger partial charge is 0.443 e. The molecule has 2 aromatic carbocycles. The average molecular weight is 527 g/mol. The molecule has 0 unspecified atom stereocenters. The number of rotatable bonds is 6. The molecule has 1 N–H and O–H groups in total. The zero-order valence-corrected chi connectivity index (χ0v) is 22.2. The first-order valence-electron chi connectivity index (χ1n) is 12.1. The molecule has 1 aliphatic heterocycles. The quantitative estimate of drug-likeness (QED) is 0.484. The molecule has 1 saturated heterocycles. The van der Waals surface area contributed by atoms with Gasteiger partial charge in [0.05, 0.1) is 29.5 Å². The second-order valence-electron chi connectivity index (χ2n) is 10.00. The number of fused-ring (bicyclic) bond motifs is 1. The van der Waals surface area contributed by atoms with Gasteiger partial charge in [-0.3, -0.25) is 19.0 Å². The molecule has 37 heavy (non-hydrogen) atoms. The van der Waals surface area contributed by atoms with Crippen LogP contribution in [0.1, 0.15) is 42.5 Å². The fourth-order valence-electron chi connectivity index (χ4n) is 3.90. The first-order valence-corrected chi connectivity index (χ1v) is 12.5. The van der Waals surface area contributed by atoms with Crippen molar-refractivity contribution in [3.63, 3.8) is 0 Å². The maximum Gasteiger partial charge on any atom is 0.312 e. The molecule has 4 rings (SSSR count). The van der Waals surface area contributed by atoms with Crippen LogP contribution in [0, 0.1) is 12.3 Å². The predicted molar refractivity (Wildman–Crippen MR) is 142 cm³/mol. The van der Waals surface area contributed by atoms with E-state index in [1.165, 1.54) is 4.57 Å². The molecule has 1 fully saturated rings. The lowest BCUT2D eigenvalue weighted by molar-refractivity contribution is -0.157. The normalized spacial score (nSPS) is 14.0. The van der Waals surface area contributed by atoms with Crippen molar-refractivity contribution in [2.24, 2.45) is 5.41 Å². The Hall–Kier alpha value is -3.43. The van der Waals surface area contributed by atoms with Crippen LogP contribution in [0.25, 0.3) is 10.9 Å². The van der Waals surface area contributed by atoms with Crippen LogP contribution >= 0.6 is 11.6 Å². The van der Waals surface area contributed by atoms with E-state index >= 15 is 0 Å². The molecule has 1 amide bonds. The van der Waals surface area contributed by atoms with Gasteiger partial charge in [-0.1, -0.05) is 11.6 Å². The molecule has 0 atom stereocenters. The average Bonchev–Trinajstić information content (AvgIpc) is 2.87. The SMILES string of the molecule is Cc1nc2cc(Cl)c(CNc3ccc(C(=O)N4CCOCC4)cc3)cc2c(=O)n1COC(=O)C(C)(C)C. The molecule has 9 nitrogen and oxygen atoms in total. The third-order valence-electron chi connectivity index (χ3n) is 6.16. The molecule has 0 bridgehead atoms. The van der Waals surface area contributed by atoms with Gasteiger partial charge in [0.1, 0.15) is 5.82 Å². The summed E-state index contributed by atoms with van der Waals surface area (Å²) in [7, 11) is 0. The van der Waals surface area contributed by atoms with Crippen molar-refractivity contribution in [3.05, 3.63) is 68.7 Å². The van der Waals surface area contributed by atoms with E-state index in [-0.39, 0.29) is 18.2 Å². The Morgan fingerprint density at radius 2 is 1.81 bits per heavy atom. The molecule has 1 aromatic heterocycles. The van der Waals surface area contributed by atoms with Gasteiger partial charge in [-0.2, -0.15) is 0 Å². The number of hydrogen-bond donors (Lipinski definition) is 1. The third-order valence-corrected chi connectivity index (χ3v) is 6.52. The Morgan fingerprint density at radius 3 is 2.46 bits per heavy atom. The van der Waals surface area contributed by atoms with E-state index in [1.807, 2.05) is 12.1 Å². The molecular formula is C27H31ClN4O5. The van der Waals surface area contributed by atoms with Gasteiger partial charge < -0.3 is 19.7 Å². The highest BCUT2D eigenvalue weighted by Gasteiger charge is 2.24. The van der Waals surface area contributed by atoms with Crippen molar-refractivity contribution in [2.45, 2.75) is 41.0 Å².